The van der Waals surface area contributed by atoms with Crippen molar-refractivity contribution in [3.05, 3.63) is 69.7 Å². The van der Waals surface area contributed by atoms with Gasteiger partial charge in [-0.2, -0.15) is 0 Å². The number of carbonyl (C=O) groups excluding carboxylic acids is 1. The van der Waals surface area contributed by atoms with Gasteiger partial charge in [-0.15, -0.1) is 0 Å². The maximum atomic E-state index is 14.1. The zero-order valence-corrected chi connectivity index (χ0v) is 21.0. The number of amides is 1. The standard InChI is InChI=1S/C27H31Cl2NO4/c1-3-22(25(33)17-7-8-17)30-24(16-9-11-19(28)12-10-16)21(18-5-4-6-20(29)13-18)14-27(2,26(30)34)15-23(31)32/h4-6,9-13,17,21-22,24-25,33H,3,7-8,14-15H2,1-2H3,(H,31,32)/t21-,22+,24-,25-,27-/m1/s1. The van der Waals surface area contributed by atoms with E-state index in [0.717, 1.165) is 24.0 Å². The van der Waals surface area contributed by atoms with E-state index in [1.54, 1.807) is 30.0 Å². The van der Waals surface area contributed by atoms with E-state index in [1.807, 2.05) is 37.3 Å². The zero-order valence-electron chi connectivity index (χ0n) is 19.5. The fraction of sp³-hybridized carbons (Fsp3) is 0.481. The lowest BCUT2D eigenvalue weighted by Crippen LogP contribution is -2.59. The van der Waals surface area contributed by atoms with Crippen LogP contribution in [0.15, 0.2) is 48.5 Å². The SMILES string of the molecule is CC[C@@H]([C@H](O)C1CC1)N1C(=O)[C@@](C)(CC(=O)O)C[C@H](c2cccc(Cl)c2)[C@H]1c1ccc(Cl)cc1. The minimum atomic E-state index is -1.11. The molecule has 2 aromatic rings. The Morgan fingerprint density at radius 3 is 2.35 bits per heavy atom. The lowest BCUT2D eigenvalue weighted by Gasteiger charge is -2.52. The predicted molar refractivity (Wildman–Crippen MR) is 133 cm³/mol. The molecule has 2 aliphatic rings. The number of rotatable bonds is 8. The van der Waals surface area contributed by atoms with Gasteiger partial charge in [0.1, 0.15) is 0 Å². The smallest absolute Gasteiger partial charge is 0.304 e. The second-order valence-electron chi connectivity index (χ2n) is 10.0. The molecule has 0 bridgehead atoms. The maximum Gasteiger partial charge on any atom is 0.304 e. The summed E-state index contributed by atoms with van der Waals surface area (Å²) in [7, 11) is 0. The Labute approximate surface area is 210 Å². The third-order valence-electron chi connectivity index (χ3n) is 7.41. The molecule has 1 amide bonds. The molecule has 1 aliphatic heterocycles. The summed E-state index contributed by atoms with van der Waals surface area (Å²) in [5, 5.41) is 22.1. The van der Waals surface area contributed by atoms with E-state index < -0.39 is 23.5 Å². The lowest BCUT2D eigenvalue weighted by atomic mass is 9.66. The number of aliphatic hydroxyl groups is 1. The molecule has 0 spiro atoms. The molecule has 7 heteroatoms. The summed E-state index contributed by atoms with van der Waals surface area (Å²) < 4.78 is 0. The van der Waals surface area contributed by atoms with Crippen molar-refractivity contribution in [2.24, 2.45) is 11.3 Å². The first kappa shape index (κ1) is 25.0. The molecule has 1 heterocycles. The van der Waals surface area contributed by atoms with Gasteiger partial charge in [0.05, 0.1) is 30.0 Å². The molecule has 0 aromatic heterocycles. The third-order valence-corrected chi connectivity index (χ3v) is 7.89. The Bertz CT molecular complexity index is 1050. The minimum absolute atomic E-state index is 0.167. The number of carboxylic acids is 1. The van der Waals surface area contributed by atoms with E-state index >= 15 is 0 Å². The van der Waals surface area contributed by atoms with Crippen LogP contribution in [0.4, 0.5) is 0 Å². The number of nitrogens with zero attached hydrogens (tertiary/aromatic N) is 1. The van der Waals surface area contributed by atoms with Crippen LogP contribution in [-0.2, 0) is 9.59 Å². The molecule has 0 unspecified atom stereocenters. The number of halogens is 2. The predicted octanol–water partition coefficient (Wildman–Crippen LogP) is 6.08. The first-order valence-electron chi connectivity index (χ1n) is 11.9. The average Bonchev–Trinajstić information content (AvgIpc) is 3.63. The van der Waals surface area contributed by atoms with Crippen LogP contribution >= 0.6 is 23.2 Å². The van der Waals surface area contributed by atoms with Gasteiger partial charge in [0.15, 0.2) is 0 Å². The number of hydrogen-bond acceptors (Lipinski definition) is 3. The summed E-state index contributed by atoms with van der Waals surface area (Å²) in [5.41, 5.74) is 0.734. The topological polar surface area (TPSA) is 77.8 Å². The van der Waals surface area contributed by atoms with Gasteiger partial charge in [0, 0.05) is 16.0 Å². The van der Waals surface area contributed by atoms with Crippen LogP contribution in [0.1, 0.15) is 69.0 Å². The molecule has 2 fully saturated rings. The van der Waals surface area contributed by atoms with Crippen molar-refractivity contribution in [3.63, 3.8) is 0 Å². The van der Waals surface area contributed by atoms with E-state index in [2.05, 4.69) is 0 Å². The lowest BCUT2D eigenvalue weighted by molar-refractivity contribution is -0.164. The Kier molecular flexibility index (Phi) is 7.28. The quantitative estimate of drug-likeness (QED) is 0.457. The van der Waals surface area contributed by atoms with Crippen LogP contribution < -0.4 is 0 Å². The van der Waals surface area contributed by atoms with Crippen molar-refractivity contribution in [2.75, 3.05) is 0 Å². The van der Waals surface area contributed by atoms with Crippen molar-refractivity contribution in [1.29, 1.82) is 0 Å². The van der Waals surface area contributed by atoms with Crippen molar-refractivity contribution in [1.82, 2.24) is 4.90 Å². The molecule has 182 valence electrons. The molecule has 4 rings (SSSR count). The minimum Gasteiger partial charge on any atom is -0.481 e. The molecular weight excluding hydrogens is 473 g/mol. The third kappa shape index (κ3) is 4.98. The Morgan fingerprint density at radius 1 is 1.12 bits per heavy atom. The number of benzene rings is 2. The Morgan fingerprint density at radius 2 is 1.79 bits per heavy atom. The van der Waals surface area contributed by atoms with Crippen molar-refractivity contribution in [3.8, 4) is 0 Å². The van der Waals surface area contributed by atoms with Gasteiger partial charge in [-0.05, 0) is 67.0 Å². The van der Waals surface area contributed by atoms with Crippen LogP contribution in [0, 0.1) is 11.3 Å². The van der Waals surface area contributed by atoms with E-state index in [9.17, 15) is 19.8 Å². The van der Waals surface area contributed by atoms with Gasteiger partial charge in [0.2, 0.25) is 5.91 Å². The largest absolute Gasteiger partial charge is 0.481 e. The monoisotopic (exact) mass is 503 g/mol. The van der Waals surface area contributed by atoms with Crippen molar-refractivity contribution < 1.29 is 19.8 Å². The first-order valence-corrected chi connectivity index (χ1v) is 12.6. The fourth-order valence-electron chi connectivity index (χ4n) is 5.60. The zero-order chi connectivity index (χ0) is 24.6. The van der Waals surface area contributed by atoms with Crippen LogP contribution in [0.5, 0.6) is 0 Å². The number of likely N-dealkylation sites (tertiary alicyclic amines) is 1. The maximum absolute atomic E-state index is 14.1. The van der Waals surface area contributed by atoms with Gasteiger partial charge in [0.25, 0.3) is 0 Å². The highest BCUT2D eigenvalue weighted by atomic mass is 35.5. The average molecular weight is 504 g/mol. The van der Waals surface area contributed by atoms with Gasteiger partial charge in [-0.3, -0.25) is 9.59 Å². The van der Waals surface area contributed by atoms with Gasteiger partial charge < -0.3 is 15.1 Å². The van der Waals surface area contributed by atoms with Gasteiger partial charge in [-0.1, -0.05) is 61.3 Å². The number of aliphatic carboxylic acids is 1. The number of hydrogen-bond donors (Lipinski definition) is 2. The second kappa shape index (κ2) is 9.88. The fourth-order valence-corrected chi connectivity index (χ4v) is 5.92. The second-order valence-corrected chi connectivity index (χ2v) is 10.9. The molecular formula is C27H31Cl2NO4. The molecule has 1 saturated heterocycles. The molecule has 0 radical (unpaired) electrons. The molecule has 2 aromatic carbocycles. The summed E-state index contributed by atoms with van der Waals surface area (Å²) in [6, 6.07) is 14.2. The summed E-state index contributed by atoms with van der Waals surface area (Å²) in [5.74, 6) is -1.27. The molecule has 1 aliphatic carbocycles. The van der Waals surface area contributed by atoms with Gasteiger partial charge in [-0.25, -0.2) is 0 Å². The number of piperidine rings is 1. The number of carboxylic acid groups (broad SMARTS) is 1. The molecule has 34 heavy (non-hydrogen) atoms. The highest BCUT2D eigenvalue weighted by Gasteiger charge is 2.54. The first-order chi connectivity index (χ1) is 16.1. The van der Waals surface area contributed by atoms with Crippen LogP contribution in [0.3, 0.4) is 0 Å². The van der Waals surface area contributed by atoms with Crippen molar-refractivity contribution in [2.45, 2.75) is 70.1 Å². The molecule has 2 N–H and O–H groups in total. The van der Waals surface area contributed by atoms with Crippen LogP contribution in [0.2, 0.25) is 10.0 Å². The normalized spacial score (nSPS) is 26.9. The Balaban J connectivity index is 1.90. The van der Waals surface area contributed by atoms with E-state index in [1.165, 1.54) is 0 Å². The van der Waals surface area contributed by atoms with Crippen LogP contribution in [-0.4, -0.2) is 39.1 Å². The number of carbonyl (C=O) groups is 2. The van der Waals surface area contributed by atoms with E-state index in [0.29, 0.717) is 22.9 Å². The van der Waals surface area contributed by atoms with Crippen molar-refractivity contribution >= 4 is 35.1 Å². The van der Waals surface area contributed by atoms with Gasteiger partial charge >= 0.3 is 5.97 Å². The Hall–Kier alpha value is -2.08. The summed E-state index contributed by atoms with van der Waals surface area (Å²) >= 11 is 12.5. The van der Waals surface area contributed by atoms with E-state index in [-0.39, 0.29) is 30.2 Å². The summed E-state index contributed by atoms with van der Waals surface area (Å²) in [6.45, 7) is 3.71. The highest BCUT2D eigenvalue weighted by molar-refractivity contribution is 6.30. The summed E-state index contributed by atoms with van der Waals surface area (Å²) in [6.07, 6.45) is 1.88. The van der Waals surface area contributed by atoms with Crippen LogP contribution in [0.25, 0.3) is 0 Å². The molecule has 5 atom stereocenters. The number of aliphatic hydroxyl groups excluding tert-OH is 1. The summed E-state index contributed by atoms with van der Waals surface area (Å²) in [4.78, 5) is 27.8. The van der Waals surface area contributed by atoms with E-state index in [4.69, 9.17) is 23.2 Å². The highest BCUT2D eigenvalue weighted by Crippen LogP contribution is 2.53. The molecule has 5 nitrogen and oxygen atoms in total. The molecule has 1 saturated carbocycles.